The van der Waals surface area contributed by atoms with Crippen molar-refractivity contribution in [2.24, 2.45) is 5.41 Å². The average Bonchev–Trinajstić information content (AvgIpc) is 2.19. The molecule has 0 N–H and O–H groups in total. The fraction of sp³-hybridized carbons (Fsp3) is 0.533. The standard InChI is InChI=1S/C15H19N/c1-11-7-13(3)14(8-12(11)2)9-15(10-16)5-4-6-15/h7-8H,4-6,9H2,1-3H3. The number of benzene rings is 1. The van der Waals surface area contributed by atoms with Crippen molar-refractivity contribution in [3.8, 4) is 6.07 Å². The molecule has 0 aliphatic heterocycles. The molecular formula is C15H19N. The summed E-state index contributed by atoms with van der Waals surface area (Å²) < 4.78 is 0. The molecule has 84 valence electrons. The summed E-state index contributed by atoms with van der Waals surface area (Å²) in [6.45, 7) is 6.46. The Hall–Kier alpha value is -1.29. The van der Waals surface area contributed by atoms with Crippen molar-refractivity contribution >= 4 is 0 Å². The lowest BCUT2D eigenvalue weighted by atomic mass is 9.66. The van der Waals surface area contributed by atoms with Gasteiger partial charge >= 0.3 is 0 Å². The van der Waals surface area contributed by atoms with Gasteiger partial charge in [-0.25, -0.2) is 0 Å². The molecule has 0 radical (unpaired) electrons. The molecule has 0 aromatic heterocycles. The number of rotatable bonds is 2. The lowest BCUT2D eigenvalue weighted by Crippen LogP contribution is -2.30. The molecule has 0 amide bonds. The van der Waals surface area contributed by atoms with E-state index in [0.29, 0.717) is 0 Å². The molecule has 1 aromatic rings. The average molecular weight is 213 g/mol. The largest absolute Gasteiger partial charge is 0.198 e. The zero-order chi connectivity index (χ0) is 11.8. The van der Waals surface area contributed by atoms with E-state index in [1.807, 2.05) is 0 Å². The van der Waals surface area contributed by atoms with Crippen LogP contribution >= 0.6 is 0 Å². The van der Waals surface area contributed by atoms with Crippen LogP contribution in [-0.4, -0.2) is 0 Å². The Kier molecular flexibility index (Phi) is 2.76. The quantitative estimate of drug-likeness (QED) is 0.732. The lowest BCUT2D eigenvalue weighted by molar-refractivity contribution is 0.213. The number of aryl methyl sites for hydroxylation is 3. The zero-order valence-corrected chi connectivity index (χ0v) is 10.4. The SMILES string of the molecule is Cc1cc(C)c(CC2(C#N)CCC2)cc1C. The Bertz CT molecular complexity index is 447. The Morgan fingerprint density at radius 2 is 1.75 bits per heavy atom. The van der Waals surface area contributed by atoms with E-state index in [9.17, 15) is 5.26 Å². The summed E-state index contributed by atoms with van der Waals surface area (Å²) in [7, 11) is 0. The summed E-state index contributed by atoms with van der Waals surface area (Å²) in [6.07, 6.45) is 4.32. The number of nitrogens with zero attached hydrogens (tertiary/aromatic N) is 1. The van der Waals surface area contributed by atoms with Crippen molar-refractivity contribution in [2.45, 2.75) is 46.5 Å². The van der Waals surface area contributed by atoms with Gasteiger partial charge in [-0.2, -0.15) is 5.26 Å². The molecule has 0 atom stereocenters. The summed E-state index contributed by atoms with van der Waals surface area (Å²) >= 11 is 0. The predicted molar refractivity (Wildman–Crippen MR) is 66.3 cm³/mol. The van der Waals surface area contributed by atoms with E-state index < -0.39 is 0 Å². The van der Waals surface area contributed by atoms with Gasteiger partial charge in [0, 0.05) is 0 Å². The lowest BCUT2D eigenvalue weighted by Gasteiger charge is -2.35. The van der Waals surface area contributed by atoms with Crippen molar-refractivity contribution < 1.29 is 0 Å². The minimum atomic E-state index is -0.0491. The number of hydrogen-bond acceptors (Lipinski definition) is 1. The first-order chi connectivity index (χ1) is 7.56. The monoisotopic (exact) mass is 213 g/mol. The molecule has 1 aliphatic rings. The van der Waals surface area contributed by atoms with Crippen LogP contribution in [0.3, 0.4) is 0 Å². The van der Waals surface area contributed by atoms with Crippen molar-refractivity contribution in [3.05, 3.63) is 34.4 Å². The topological polar surface area (TPSA) is 23.8 Å². The normalized spacial score (nSPS) is 17.6. The predicted octanol–water partition coefficient (Wildman–Crippen LogP) is 3.85. The summed E-state index contributed by atoms with van der Waals surface area (Å²) in [5.74, 6) is 0. The highest BCUT2D eigenvalue weighted by atomic mass is 14.4. The maximum Gasteiger partial charge on any atom is 0.0693 e. The molecule has 1 aromatic carbocycles. The molecule has 1 nitrogen and oxygen atoms in total. The van der Waals surface area contributed by atoms with Crippen molar-refractivity contribution in [1.29, 1.82) is 5.26 Å². The third kappa shape index (κ3) is 1.85. The van der Waals surface area contributed by atoms with Gasteiger partial charge in [-0.05, 0) is 62.3 Å². The Balaban J connectivity index is 2.28. The van der Waals surface area contributed by atoms with Crippen molar-refractivity contribution in [2.75, 3.05) is 0 Å². The first-order valence-corrected chi connectivity index (χ1v) is 6.04. The van der Waals surface area contributed by atoms with E-state index >= 15 is 0 Å². The molecule has 16 heavy (non-hydrogen) atoms. The molecule has 0 spiro atoms. The van der Waals surface area contributed by atoms with Crippen LogP contribution in [0.15, 0.2) is 12.1 Å². The summed E-state index contributed by atoms with van der Waals surface area (Å²) in [4.78, 5) is 0. The highest BCUT2D eigenvalue weighted by Gasteiger charge is 2.37. The molecule has 0 bridgehead atoms. The fourth-order valence-electron chi connectivity index (χ4n) is 2.51. The Morgan fingerprint density at radius 1 is 1.12 bits per heavy atom. The van der Waals surface area contributed by atoms with E-state index in [1.54, 1.807) is 0 Å². The van der Waals surface area contributed by atoms with Crippen molar-refractivity contribution in [1.82, 2.24) is 0 Å². The minimum absolute atomic E-state index is 0.0491. The zero-order valence-electron chi connectivity index (χ0n) is 10.4. The van der Waals surface area contributed by atoms with Gasteiger partial charge < -0.3 is 0 Å². The maximum atomic E-state index is 9.26. The van der Waals surface area contributed by atoms with Gasteiger partial charge in [0.1, 0.15) is 0 Å². The van der Waals surface area contributed by atoms with Crippen LogP contribution in [0.2, 0.25) is 0 Å². The fourth-order valence-corrected chi connectivity index (χ4v) is 2.51. The molecule has 1 saturated carbocycles. The first kappa shape index (κ1) is 11.2. The van der Waals surface area contributed by atoms with Gasteiger partial charge in [0.15, 0.2) is 0 Å². The van der Waals surface area contributed by atoms with E-state index in [2.05, 4.69) is 39.0 Å². The van der Waals surface area contributed by atoms with Gasteiger partial charge in [-0.3, -0.25) is 0 Å². The molecule has 1 aliphatic carbocycles. The Morgan fingerprint density at radius 3 is 2.25 bits per heavy atom. The van der Waals surface area contributed by atoms with Gasteiger partial charge in [0.2, 0.25) is 0 Å². The van der Waals surface area contributed by atoms with Crippen LogP contribution in [0, 0.1) is 37.5 Å². The second-order valence-electron chi connectivity index (χ2n) is 5.29. The van der Waals surface area contributed by atoms with Crippen LogP contribution in [0.4, 0.5) is 0 Å². The van der Waals surface area contributed by atoms with Crippen LogP contribution in [0.25, 0.3) is 0 Å². The van der Waals surface area contributed by atoms with E-state index in [0.717, 1.165) is 19.3 Å². The summed E-state index contributed by atoms with van der Waals surface area (Å²) in [5, 5.41) is 9.26. The van der Waals surface area contributed by atoms with Crippen LogP contribution in [0.5, 0.6) is 0 Å². The summed E-state index contributed by atoms with van der Waals surface area (Å²) in [5.41, 5.74) is 5.34. The van der Waals surface area contributed by atoms with Crippen molar-refractivity contribution in [3.63, 3.8) is 0 Å². The second kappa shape index (κ2) is 3.94. The number of nitriles is 1. The third-order valence-corrected chi connectivity index (χ3v) is 4.03. The van der Waals surface area contributed by atoms with Gasteiger partial charge in [0.25, 0.3) is 0 Å². The van der Waals surface area contributed by atoms with E-state index in [4.69, 9.17) is 0 Å². The van der Waals surface area contributed by atoms with Crippen LogP contribution in [-0.2, 0) is 6.42 Å². The molecule has 2 rings (SSSR count). The molecule has 0 unspecified atom stereocenters. The molecule has 1 fully saturated rings. The molecule has 0 heterocycles. The smallest absolute Gasteiger partial charge is 0.0693 e. The maximum absolute atomic E-state index is 9.26. The van der Waals surface area contributed by atoms with E-state index in [1.165, 1.54) is 28.7 Å². The molecule has 1 heteroatoms. The summed E-state index contributed by atoms with van der Waals surface area (Å²) in [6, 6.07) is 7.04. The molecular weight excluding hydrogens is 194 g/mol. The first-order valence-electron chi connectivity index (χ1n) is 6.04. The van der Waals surface area contributed by atoms with Gasteiger partial charge in [-0.15, -0.1) is 0 Å². The van der Waals surface area contributed by atoms with Gasteiger partial charge in [-0.1, -0.05) is 18.6 Å². The second-order valence-corrected chi connectivity index (χ2v) is 5.29. The van der Waals surface area contributed by atoms with Crippen LogP contribution in [0.1, 0.15) is 41.5 Å². The minimum Gasteiger partial charge on any atom is -0.198 e. The molecule has 0 saturated heterocycles. The van der Waals surface area contributed by atoms with Crippen LogP contribution < -0.4 is 0 Å². The van der Waals surface area contributed by atoms with Gasteiger partial charge in [0.05, 0.1) is 11.5 Å². The highest BCUT2D eigenvalue weighted by Crippen LogP contribution is 2.43. The van der Waals surface area contributed by atoms with E-state index in [-0.39, 0.29) is 5.41 Å². The number of hydrogen-bond donors (Lipinski definition) is 0. The third-order valence-electron chi connectivity index (χ3n) is 4.03. The highest BCUT2D eigenvalue weighted by molar-refractivity contribution is 5.37. The Labute approximate surface area is 98.1 Å².